The molecule has 0 atom stereocenters. The van der Waals surface area contributed by atoms with Crippen molar-refractivity contribution in [3.63, 3.8) is 0 Å². The summed E-state index contributed by atoms with van der Waals surface area (Å²) in [5.74, 6) is 1.24. The monoisotopic (exact) mass is 217 g/mol. The third-order valence-corrected chi connectivity index (χ3v) is 1.65. The Morgan fingerprint density at radius 2 is 1.94 bits per heavy atom. The number of isocyanates is 1. The molecule has 0 aliphatic carbocycles. The molecule has 0 aliphatic rings. The van der Waals surface area contributed by atoms with Crippen molar-refractivity contribution in [1.82, 2.24) is 10.1 Å². The Balaban J connectivity index is 0.000000280. The molecule has 0 N–H and O–H groups in total. The van der Waals surface area contributed by atoms with Gasteiger partial charge >= 0.3 is 0 Å². The van der Waals surface area contributed by atoms with Gasteiger partial charge in [0, 0.05) is 19.5 Å². The molecule has 16 heavy (non-hydrogen) atoms. The summed E-state index contributed by atoms with van der Waals surface area (Å²) in [5, 5.41) is 3.80. The number of rotatable bonds is 1. The Morgan fingerprint density at radius 1 is 1.31 bits per heavy atom. The first kappa shape index (κ1) is 11.8. The second kappa shape index (κ2) is 6.27. The summed E-state index contributed by atoms with van der Waals surface area (Å²) in [6.45, 7) is 1.78. The molecule has 1 aromatic carbocycles. The zero-order valence-electron chi connectivity index (χ0n) is 9.04. The van der Waals surface area contributed by atoms with E-state index in [2.05, 4.69) is 15.1 Å². The lowest BCUT2D eigenvalue weighted by Gasteiger charge is -1.89. The van der Waals surface area contributed by atoms with E-state index in [1.807, 2.05) is 30.3 Å². The standard InChI is InChI=1S/C9H8N2O.C2H3NO/c1-7-10-9(11-12-7)8-5-3-2-4-6-8;1-3-2-4/h2-6H,1H3;1H3. The molecule has 0 bridgehead atoms. The van der Waals surface area contributed by atoms with E-state index < -0.39 is 0 Å². The maximum Gasteiger partial charge on any atom is 0.234 e. The van der Waals surface area contributed by atoms with Crippen LogP contribution in [0.3, 0.4) is 0 Å². The second-order valence-electron chi connectivity index (χ2n) is 2.82. The van der Waals surface area contributed by atoms with Crippen LogP contribution in [-0.4, -0.2) is 23.3 Å². The first-order chi connectivity index (χ1) is 7.77. The Hall–Kier alpha value is -2.26. The number of nitrogens with zero attached hydrogens (tertiary/aromatic N) is 3. The van der Waals surface area contributed by atoms with E-state index in [4.69, 9.17) is 9.32 Å². The van der Waals surface area contributed by atoms with Crippen LogP contribution in [0, 0.1) is 6.92 Å². The van der Waals surface area contributed by atoms with Crippen LogP contribution in [0.5, 0.6) is 0 Å². The van der Waals surface area contributed by atoms with Gasteiger partial charge in [-0.05, 0) is 0 Å². The van der Waals surface area contributed by atoms with Gasteiger partial charge in [0.25, 0.3) is 0 Å². The summed E-state index contributed by atoms with van der Waals surface area (Å²) >= 11 is 0. The number of aromatic nitrogens is 2. The lowest BCUT2D eigenvalue weighted by molar-refractivity contribution is 0.394. The summed E-state index contributed by atoms with van der Waals surface area (Å²) in [6.07, 6.45) is 1.31. The van der Waals surface area contributed by atoms with Crippen LogP contribution >= 0.6 is 0 Å². The fourth-order valence-corrected chi connectivity index (χ4v) is 1.00. The quantitative estimate of drug-likeness (QED) is 0.541. The molecule has 0 saturated carbocycles. The van der Waals surface area contributed by atoms with Crippen LogP contribution in [0.2, 0.25) is 0 Å². The molecule has 2 rings (SSSR count). The maximum absolute atomic E-state index is 8.88. The molecule has 1 aromatic heterocycles. The topological polar surface area (TPSA) is 68.3 Å². The predicted octanol–water partition coefficient (Wildman–Crippen LogP) is 2.00. The van der Waals surface area contributed by atoms with Crippen LogP contribution in [0.1, 0.15) is 5.89 Å². The highest BCUT2D eigenvalue weighted by molar-refractivity contribution is 5.53. The van der Waals surface area contributed by atoms with Gasteiger partial charge in [-0.2, -0.15) is 4.98 Å². The Kier molecular flexibility index (Phi) is 4.63. The number of aliphatic imine (C=N–C) groups is 1. The fraction of sp³-hybridized carbons (Fsp3) is 0.182. The van der Waals surface area contributed by atoms with Gasteiger partial charge in [-0.3, -0.25) is 0 Å². The number of carbonyl (C=O) groups excluding carboxylic acids is 1. The first-order valence-electron chi connectivity index (χ1n) is 4.59. The molecule has 82 valence electrons. The third kappa shape index (κ3) is 3.48. The molecule has 0 spiro atoms. The van der Waals surface area contributed by atoms with Crippen LogP contribution in [0.15, 0.2) is 39.8 Å². The molecule has 5 nitrogen and oxygen atoms in total. The van der Waals surface area contributed by atoms with Crippen molar-refractivity contribution >= 4 is 6.08 Å². The van der Waals surface area contributed by atoms with E-state index in [0.29, 0.717) is 11.7 Å². The Labute approximate surface area is 92.8 Å². The van der Waals surface area contributed by atoms with Crippen LogP contribution in [-0.2, 0) is 4.79 Å². The minimum Gasteiger partial charge on any atom is -0.339 e. The average molecular weight is 217 g/mol. The largest absolute Gasteiger partial charge is 0.339 e. The zero-order chi connectivity index (χ0) is 11.8. The van der Waals surface area contributed by atoms with Gasteiger partial charge < -0.3 is 4.52 Å². The van der Waals surface area contributed by atoms with Crippen LogP contribution in [0.4, 0.5) is 0 Å². The Bertz CT molecular complexity index is 473. The molecule has 0 radical (unpaired) electrons. The fourth-order valence-electron chi connectivity index (χ4n) is 1.00. The molecule has 0 aliphatic heterocycles. The average Bonchev–Trinajstić information content (AvgIpc) is 2.77. The number of benzene rings is 1. The minimum absolute atomic E-state index is 0.592. The number of hydrogen-bond acceptors (Lipinski definition) is 5. The van der Waals surface area contributed by atoms with E-state index in [-0.39, 0.29) is 0 Å². The SMILES string of the molecule is CN=C=O.Cc1nc(-c2ccccc2)no1. The van der Waals surface area contributed by atoms with Gasteiger partial charge in [0.2, 0.25) is 17.8 Å². The summed E-state index contributed by atoms with van der Waals surface area (Å²) in [6, 6.07) is 9.74. The van der Waals surface area contributed by atoms with Gasteiger partial charge in [0.05, 0.1) is 0 Å². The number of hydrogen-bond donors (Lipinski definition) is 0. The van der Waals surface area contributed by atoms with Gasteiger partial charge in [-0.1, -0.05) is 35.5 Å². The van der Waals surface area contributed by atoms with Crippen molar-refractivity contribution in [2.24, 2.45) is 4.99 Å². The lowest BCUT2D eigenvalue weighted by Crippen LogP contribution is -1.78. The molecule has 5 heteroatoms. The van der Waals surface area contributed by atoms with Crippen molar-refractivity contribution < 1.29 is 9.32 Å². The van der Waals surface area contributed by atoms with Crippen LogP contribution < -0.4 is 0 Å². The highest BCUT2D eigenvalue weighted by Gasteiger charge is 2.02. The smallest absolute Gasteiger partial charge is 0.234 e. The summed E-state index contributed by atoms with van der Waals surface area (Å²) < 4.78 is 4.86. The molecule has 0 saturated heterocycles. The summed E-state index contributed by atoms with van der Waals surface area (Å²) in [7, 11) is 1.38. The van der Waals surface area contributed by atoms with Gasteiger partial charge in [0.15, 0.2) is 0 Å². The Morgan fingerprint density at radius 3 is 2.38 bits per heavy atom. The first-order valence-corrected chi connectivity index (χ1v) is 4.59. The normalized spacial score (nSPS) is 8.62. The van der Waals surface area contributed by atoms with E-state index in [1.54, 1.807) is 6.92 Å². The van der Waals surface area contributed by atoms with Gasteiger partial charge in [0.1, 0.15) is 0 Å². The van der Waals surface area contributed by atoms with Crippen LogP contribution in [0.25, 0.3) is 11.4 Å². The summed E-state index contributed by atoms with van der Waals surface area (Å²) in [4.78, 5) is 15.9. The molecule has 1 heterocycles. The summed E-state index contributed by atoms with van der Waals surface area (Å²) in [5.41, 5.74) is 0.981. The van der Waals surface area contributed by atoms with Gasteiger partial charge in [-0.15, -0.1) is 0 Å². The van der Waals surface area contributed by atoms with Crippen molar-refractivity contribution in [1.29, 1.82) is 0 Å². The van der Waals surface area contributed by atoms with Crippen molar-refractivity contribution in [2.75, 3.05) is 7.05 Å². The molecule has 0 amide bonds. The molecular formula is C11H11N3O2. The predicted molar refractivity (Wildman–Crippen MR) is 58.5 cm³/mol. The highest BCUT2D eigenvalue weighted by atomic mass is 16.5. The minimum atomic E-state index is 0.592. The molecular weight excluding hydrogens is 206 g/mol. The molecule has 0 unspecified atom stereocenters. The van der Waals surface area contributed by atoms with Crippen molar-refractivity contribution in [2.45, 2.75) is 6.92 Å². The highest BCUT2D eigenvalue weighted by Crippen LogP contribution is 2.13. The second-order valence-corrected chi connectivity index (χ2v) is 2.82. The van der Waals surface area contributed by atoms with E-state index >= 15 is 0 Å². The van der Waals surface area contributed by atoms with Crippen molar-refractivity contribution in [3.05, 3.63) is 36.2 Å². The van der Waals surface area contributed by atoms with Crippen molar-refractivity contribution in [3.8, 4) is 11.4 Å². The molecule has 2 aromatic rings. The third-order valence-electron chi connectivity index (χ3n) is 1.65. The zero-order valence-corrected chi connectivity index (χ0v) is 9.04. The van der Waals surface area contributed by atoms with E-state index in [9.17, 15) is 0 Å². The van der Waals surface area contributed by atoms with Gasteiger partial charge in [-0.25, -0.2) is 9.79 Å². The number of aryl methyl sites for hydroxylation is 1. The molecule has 0 fully saturated rings. The van der Waals surface area contributed by atoms with E-state index in [1.165, 1.54) is 13.1 Å². The van der Waals surface area contributed by atoms with E-state index in [0.717, 1.165) is 5.56 Å². The lowest BCUT2D eigenvalue weighted by atomic mass is 10.2. The maximum atomic E-state index is 8.88.